The van der Waals surface area contributed by atoms with Gasteiger partial charge in [0.15, 0.2) is 5.75 Å². The van der Waals surface area contributed by atoms with Crippen LogP contribution in [0.15, 0.2) is 36.7 Å². The van der Waals surface area contributed by atoms with E-state index in [1.165, 1.54) is 17.3 Å². The van der Waals surface area contributed by atoms with Crippen LogP contribution in [0.5, 0.6) is 5.75 Å². The Balaban J connectivity index is 2.23. The van der Waals surface area contributed by atoms with Crippen LogP contribution in [0, 0.1) is 6.92 Å². The average molecular weight is 188 g/mol. The zero-order chi connectivity index (χ0) is 9.97. The van der Waals surface area contributed by atoms with Crippen LogP contribution in [0.3, 0.4) is 0 Å². The maximum atomic E-state index is 9.12. The van der Waals surface area contributed by atoms with Crippen LogP contribution in [0.25, 0.3) is 0 Å². The minimum absolute atomic E-state index is 0.207. The molecule has 0 saturated heterocycles. The van der Waals surface area contributed by atoms with Gasteiger partial charge in [0.1, 0.15) is 0 Å². The predicted molar refractivity (Wildman–Crippen MR) is 54.2 cm³/mol. The molecule has 0 fully saturated rings. The highest BCUT2D eigenvalue weighted by Gasteiger charge is 1.99. The molecule has 72 valence electrons. The molecule has 1 aromatic heterocycles. The first-order valence-electron chi connectivity index (χ1n) is 4.51. The van der Waals surface area contributed by atoms with Gasteiger partial charge in [-0.25, -0.2) is 0 Å². The molecular formula is C11H12N2O. The van der Waals surface area contributed by atoms with E-state index in [0.29, 0.717) is 6.54 Å². The second-order valence-electron chi connectivity index (χ2n) is 3.32. The fraction of sp³-hybridized carbons (Fsp3) is 0.182. The van der Waals surface area contributed by atoms with E-state index in [-0.39, 0.29) is 5.75 Å². The van der Waals surface area contributed by atoms with Gasteiger partial charge in [-0.3, -0.25) is 4.68 Å². The van der Waals surface area contributed by atoms with Crippen LogP contribution in [0.1, 0.15) is 11.1 Å². The van der Waals surface area contributed by atoms with Crippen molar-refractivity contribution in [2.75, 3.05) is 0 Å². The Hall–Kier alpha value is -1.77. The molecule has 0 aliphatic rings. The normalized spacial score (nSPS) is 10.4. The zero-order valence-corrected chi connectivity index (χ0v) is 8.01. The van der Waals surface area contributed by atoms with E-state index in [1.807, 2.05) is 12.1 Å². The second kappa shape index (κ2) is 3.54. The Morgan fingerprint density at radius 3 is 2.79 bits per heavy atom. The number of nitrogens with zero attached hydrogens (tertiary/aromatic N) is 2. The molecular weight excluding hydrogens is 176 g/mol. The van der Waals surface area contributed by atoms with Crippen molar-refractivity contribution < 1.29 is 5.11 Å². The Kier molecular flexibility index (Phi) is 2.23. The van der Waals surface area contributed by atoms with Gasteiger partial charge in [0.05, 0.1) is 18.9 Å². The summed E-state index contributed by atoms with van der Waals surface area (Å²) in [6, 6.07) is 8.15. The van der Waals surface area contributed by atoms with Gasteiger partial charge in [0.2, 0.25) is 0 Å². The van der Waals surface area contributed by atoms with E-state index >= 15 is 0 Å². The largest absolute Gasteiger partial charge is 0.505 e. The standard InChI is InChI=1S/C11H12N2O/c1-9-4-2-3-5-10(9)7-13-8-11(14)6-12-13/h2-6,8,14H,7H2,1H3. The second-order valence-corrected chi connectivity index (χ2v) is 3.32. The molecule has 0 amide bonds. The highest BCUT2D eigenvalue weighted by atomic mass is 16.3. The number of aryl methyl sites for hydroxylation is 1. The number of rotatable bonds is 2. The number of aromatic hydroxyl groups is 1. The maximum Gasteiger partial charge on any atom is 0.153 e. The molecule has 0 radical (unpaired) electrons. The molecule has 2 aromatic rings. The predicted octanol–water partition coefficient (Wildman–Crippen LogP) is 1.95. The fourth-order valence-corrected chi connectivity index (χ4v) is 1.40. The van der Waals surface area contributed by atoms with E-state index in [2.05, 4.69) is 24.2 Å². The fourth-order valence-electron chi connectivity index (χ4n) is 1.40. The Bertz CT molecular complexity index is 434. The molecule has 0 bridgehead atoms. The van der Waals surface area contributed by atoms with E-state index in [1.54, 1.807) is 10.9 Å². The summed E-state index contributed by atoms with van der Waals surface area (Å²) in [7, 11) is 0. The van der Waals surface area contributed by atoms with Crippen molar-refractivity contribution in [3.63, 3.8) is 0 Å². The highest BCUT2D eigenvalue weighted by Crippen LogP contribution is 2.11. The molecule has 1 aromatic carbocycles. The van der Waals surface area contributed by atoms with Gasteiger partial charge >= 0.3 is 0 Å². The minimum Gasteiger partial charge on any atom is -0.505 e. The lowest BCUT2D eigenvalue weighted by Gasteiger charge is -2.04. The molecule has 2 rings (SSSR count). The van der Waals surface area contributed by atoms with Gasteiger partial charge in [-0.1, -0.05) is 24.3 Å². The molecule has 0 atom stereocenters. The summed E-state index contributed by atoms with van der Waals surface area (Å²) in [5.74, 6) is 0.207. The molecule has 0 saturated carbocycles. The molecule has 0 spiro atoms. The molecule has 3 nitrogen and oxygen atoms in total. The summed E-state index contributed by atoms with van der Waals surface area (Å²) in [5.41, 5.74) is 2.46. The minimum atomic E-state index is 0.207. The lowest BCUT2D eigenvalue weighted by molar-refractivity contribution is 0.474. The molecule has 1 N–H and O–H groups in total. The number of benzene rings is 1. The maximum absolute atomic E-state index is 9.12. The number of hydrogen-bond acceptors (Lipinski definition) is 2. The van der Waals surface area contributed by atoms with Crippen LogP contribution in [0.4, 0.5) is 0 Å². The summed E-state index contributed by atoms with van der Waals surface area (Å²) in [6.45, 7) is 2.77. The smallest absolute Gasteiger partial charge is 0.153 e. The van der Waals surface area contributed by atoms with Crippen LogP contribution >= 0.6 is 0 Å². The van der Waals surface area contributed by atoms with Crippen LogP contribution in [-0.4, -0.2) is 14.9 Å². The van der Waals surface area contributed by atoms with Crippen LogP contribution in [0.2, 0.25) is 0 Å². The van der Waals surface area contributed by atoms with Crippen molar-refractivity contribution in [2.24, 2.45) is 0 Å². The number of hydrogen-bond donors (Lipinski definition) is 1. The van der Waals surface area contributed by atoms with Crippen molar-refractivity contribution in [1.82, 2.24) is 9.78 Å². The van der Waals surface area contributed by atoms with Gasteiger partial charge in [-0.15, -0.1) is 0 Å². The molecule has 1 heterocycles. The lowest BCUT2D eigenvalue weighted by atomic mass is 10.1. The van der Waals surface area contributed by atoms with Gasteiger partial charge in [-0.05, 0) is 18.1 Å². The number of aromatic nitrogens is 2. The topological polar surface area (TPSA) is 38.0 Å². The van der Waals surface area contributed by atoms with E-state index < -0.39 is 0 Å². The van der Waals surface area contributed by atoms with Crippen molar-refractivity contribution in [2.45, 2.75) is 13.5 Å². The van der Waals surface area contributed by atoms with Crippen LogP contribution in [-0.2, 0) is 6.54 Å². The Morgan fingerprint density at radius 1 is 1.36 bits per heavy atom. The van der Waals surface area contributed by atoms with Crippen LogP contribution < -0.4 is 0 Å². The van der Waals surface area contributed by atoms with Gasteiger partial charge in [-0.2, -0.15) is 5.10 Å². The molecule has 0 aliphatic carbocycles. The first-order valence-corrected chi connectivity index (χ1v) is 4.51. The van der Waals surface area contributed by atoms with E-state index in [4.69, 9.17) is 5.11 Å². The Labute approximate surface area is 82.6 Å². The van der Waals surface area contributed by atoms with Gasteiger partial charge in [0, 0.05) is 0 Å². The van der Waals surface area contributed by atoms with E-state index in [0.717, 1.165) is 0 Å². The van der Waals surface area contributed by atoms with Crippen molar-refractivity contribution in [3.8, 4) is 5.75 Å². The summed E-state index contributed by atoms with van der Waals surface area (Å²) in [5, 5.41) is 13.1. The van der Waals surface area contributed by atoms with Crippen molar-refractivity contribution in [3.05, 3.63) is 47.8 Å². The first kappa shape index (κ1) is 8.81. The first-order chi connectivity index (χ1) is 6.75. The zero-order valence-electron chi connectivity index (χ0n) is 8.01. The van der Waals surface area contributed by atoms with Gasteiger partial charge < -0.3 is 5.11 Å². The third kappa shape index (κ3) is 1.76. The molecule has 3 heteroatoms. The summed E-state index contributed by atoms with van der Waals surface area (Å²) < 4.78 is 1.72. The third-order valence-electron chi connectivity index (χ3n) is 2.21. The van der Waals surface area contributed by atoms with Crippen molar-refractivity contribution >= 4 is 0 Å². The lowest BCUT2D eigenvalue weighted by Crippen LogP contribution is -2.01. The quantitative estimate of drug-likeness (QED) is 0.782. The molecule has 0 aliphatic heterocycles. The van der Waals surface area contributed by atoms with Gasteiger partial charge in [0.25, 0.3) is 0 Å². The molecule has 14 heavy (non-hydrogen) atoms. The van der Waals surface area contributed by atoms with E-state index in [9.17, 15) is 0 Å². The average Bonchev–Trinajstić information content (AvgIpc) is 2.56. The summed E-state index contributed by atoms with van der Waals surface area (Å²) in [6.07, 6.45) is 3.06. The third-order valence-corrected chi connectivity index (χ3v) is 2.21. The Morgan fingerprint density at radius 2 is 2.14 bits per heavy atom. The van der Waals surface area contributed by atoms with Crippen molar-refractivity contribution in [1.29, 1.82) is 0 Å². The SMILES string of the molecule is Cc1ccccc1Cn1cc(O)cn1. The summed E-state index contributed by atoms with van der Waals surface area (Å²) >= 11 is 0. The highest BCUT2D eigenvalue weighted by molar-refractivity contribution is 5.25. The summed E-state index contributed by atoms with van der Waals surface area (Å²) in [4.78, 5) is 0. The monoisotopic (exact) mass is 188 g/mol. The molecule has 0 unspecified atom stereocenters.